The highest BCUT2D eigenvalue weighted by Gasteiger charge is 2.31. The second-order valence-corrected chi connectivity index (χ2v) is 8.07. The zero-order valence-electron chi connectivity index (χ0n) is 17.4. The van der Waals surface area contributed by atoms with Crippen LogP contribution in [0, 0.1) is 0 Å². The Morgan fingerprint density at radius 3 is 2.81 bits per heavy atom. The van der Waals surface area contributed by atoms with Crippen LogP contribution >= 0.6 is 0 Å². The summed E-state index contributed by atoms with van der Waals surface area (Å²) >= 11 is 0. The van der Waals surface area contributed by atoms with Crippen molar-refractivity contribution >= 4 is 22.7 Å². The Hall–Kier alpha value is -2.91. The zero-order valence-corrected chi connectivity index (χ0v) is 17.4. The molecule has 0 saturated carbocycles. The number of aromatic nitrogens is 4. The second kappa shape index (κ2) is 8.68. The van der Waals surface area contributed by atoms with Crippen LogP contribution < -0.4 is 15.5 Å². The second-order valence-electron chi connectivity index (χ2n) is 8.07. The summed E-state index contributed by atoms with van der Waals surface area (Å²) in [6.45, 7) is 4.49. The highest BCUT2D eigenvalue weighted by atomic mass is 19.1. The van der Waals surface area contributed by atoms with Crippen LogP contribution in [0.25, 0.3) is 22.3 Å². The molecule has 2 N–H and O–H groups in total. The normalized spacial score (nSPS) is 21.9. The summed E-state index contributed by atoms with van der Waals surface area (Å²) in [6.07, 6.45) is 6.45. The predicted octanol–water partition coefficient (Wildman–Crippen LogP) is 2.43. The summed E-state index contributed by atoms with van der Waals surface area (Å²) in [5.41, 5.74) is 1.65. The topological polar surface area (TPSA) is 88.1 Å². The van der Waals surface area contributed by atoms with Crippen LogP contribution in [0.4, 0.5) is 16.0 Å². The minimum Gasteiger partial charge on any atom is -0.378 e. The van der Waals surface area contributed by atoms with Crippen molar-refractivity contribution in [2.75, 3.05) is 56.2 Å². The Morgan fingerprint density at radius 1 is 1.16 bits per heavy atom. The number of anilines is 2. The van der Waals surface area contributed by atoms with E-state index >= 15 is 4.39 Å². The number of pyridine rings is 2. The maximum absolute atomic E-state index is 15.1. The first-order chi connectivity index (χ1) is 15.2. The number of morpholine rings is 1. The van der Waals surface area contributed by atoms with Gasteiger partial charge in [0.1, 0.15) is 17.0 Å². The van der Waals surface area contributed by atoms with E-state index in [4.69, 9.17) is 9.72 Å². The third kappa shape index (κ3) is 4.42. The van der Waals surface area contributed by atoms with Gasteiger partial charge in [0.05, 0.1) is 31.0 Å². The lowest BCUT2D eigenvalue weighted by molar-refractivity contribution is 0.122. The Bertz CT molecular complexity index is 1030. The molecular formula is C22H26FN7O. The summed E-state index contributed by atoms with van der Waals surface area (Å²) in [6, 6.07) is 5.90. The largest absolute Gasteiger partial charge is 0.378 e. The van der Waals surface area contributed by atoms with Crippen molar-refractivity contribution in [3.05, 3.63) is 36.8 Å². The minimum atomic E-state index is -1.30. The average molecular weight is 423 g/mol. The van der Waals surface area contributed by atoms with E-state index in [0.717, 1.165) is 56.3 Å². The first-order valence-corrected chi connectivity index (χ1v) is 10.7. The molecule has 2 saturated heterocycles. The molecule has 8 nitrogen and oxygen atoms in total. The quantitative estimate of drug-likeness (QED) is 0.647. The molecule has 9 heteroatoms. The third-order valence-corrected chi connectivity index (χ3v) is 5.83. The molecule has 2 aliphatic rings. The first kappa shape index (κ1) is 20.0. The average Bonchev–Trinajstić information content (AvgIpc) is 2.83. The van der Waals surface area contributed by atoms with Crippen LogP contribution in [-0.2, 0) is 4.74 Å². The smallest absolute Gasteiger partial charge is 0.155 e. The highest BCUT2D eigenvalue weighted by molar-refractivity contribution is 5.88. The van der Waals surface area contributed by atoms with Crippen LogP contribution in [0.1, 0.15) is 12.8 Å². The van der Waals surface area contributed by atoms with Gasteiger partial charge in [0.25, 0.3) is 0 Å². The van der Waals surface area contributed by atoms with Gasteiger partial charge in [0, 0.05) is 43.8 Å². The SMILES string of the molecule is F[C@]1(CNc2nc(-c3ccc(N4CCOCC4)nc3)cc3nccnc23)CCCNC1. The van der Waals surface area contributed by atoms with Crippen LogP contribution in [0.5, 0.6) is 0 Å². The zero-order chi connectivity index (χ0) is 21.1. The van der Waals surface area contributed by atoms with E-state index in [1.807, 2.05) is 24.4 Å². The van der Waals surface area contributed by atoms with Crippen LogP contribution in [0.3, 0.4) is 0 Å². The fourth-order valence-electron chi connectivity index (χ4n) is 4.08. The van der Waals surface area contributed by atoms with E-state index < -0.39 is 5.67 Å². The van der Waals surface area contributed by atoms with Crippen LogP contribution in [0.15, 0.2) is 36.8 Å². The van der Waals surface area contributed by atoms with Crippen LogP contribution in [-0.4, -0.2) is 71.5 Å². The highest BCUT2D eigenvalue weighted by Crippen LogP contribution is 2.28. The molecule has 31 heavy (non-hydrogen) atoms. The lowest BCUT2D eigenvalue weighted by Gasteiger charge is -2.30. The summed E-state index contributed by atoms with van der Waals surface area (Å²) < 4.78 is 20.5. The van der Waals surface area contributed by atoms with Gasteiger partial charge in [-0.15, -0.1) is 0 Å². The number of ether oxygens (including phenoxy) is 1. The van der Waals surface area contributed by atoms with Crippen molar-refractivity contribution < 1.29 is 9.13 Å². The monoisotopic (exact) mass is 423 g/mol. The van der Waals surface area contributed by atoms with Gasteiger partial charge >= 0.3 is 0 Å². The van der Waals surface area contributed by atoms with Crippen molar-refractivity contribution in [1.82, 2.24) is 25.3 Å². The maximum Gasteiger partial charge on any atom is 0.155 e. The molecule has 3 aromatic rings. The molecule has 2 aliphatic heterocycles. The van der Waals surface area contributed by atoms with Crippen LogP contribution in [0.2, 0.25) is 0 Å². The molecule has 0 bridgehead atoms. The lowest BCUT2D eigenvalue weighted by atomic mass is 9.96. The summed E-state index contributed by atoms with van der Waals surface area (Å²) in [5.74, 6) is 1.47. The third-order valence-electron chi connectivity index (χ3n) is 5.83. The Labute approximate surface area is 180 Å². The minimum absolute atomic E-state index is 0.177. The molecule has 0 radical (unpaired) electrons. The maximum atomic E-state index is 15.1. The molecule has 5 rings (SSSR count). The lowest BCUT2D eigenvalue weighted by Crippen LogP contribution is -2.46. The first-order valence-electron chi connectivity index (χ1n) is 10.7. The summed E-state index contributed by atoms with van der Waals surface area (Å²) in [5, 5.41) is 6.33. The standard InChI is InChI=1S/C22H26FN7O/c23-22(4-1-5-24-14-22)15-28-21-20-18(25-6-7-26-20)12-17(29-21)16-2-3-19(27-13-16)30-8-10-31-11-9-30/h2-3,6-7,12-13,24H,1,4-5,8-11,14-15H2,(H,28,29)/t22-/m1/s1. The van der Waals surface area contributed by atoms with E-state index in [0.29, 0.717) is 29.8 Å². The number of hydrogen-bond acceptors (Lipinski definition) is 8. The molecule has 3 aromatic heterocycles. The van der Waals surface area contributed by atoms with Crippen molar-refractivity contribution in [2.45, 2.75) is 18.5 Å². The summed E-state index contributed by atoms with van der Waals surface area (Å²) in [7, 11) is 0. The van der Waals surface area contributed by atoms with E-state index in [9.17, 15) is 0 Å². The van der Waals surface area contributed by atoms with E-state index in [1.54, 1.807) is 12.4 Å². The van der Waals surface area contributed by atoms with Crippen molar-refractivity contribution in [3.63, 3.8) is 0 Å². The number of fused-ring (bicyclic) bond motifs is 1. The number of halogens is 1. The number of hydrogen-bond donors (Lipinski definition) is 2. The van der Waals surface area contributed by atoms with Gasteiger partial charge in [-0.1, -0.05) is 0 Å². The molecule has 1 atom stereocenters. The van der Waals surface area contributed by atoms with Gasteiger partial charge in [-0.25, -0.2) is 19.3 Å². The molecule has 0 spiro atoms. The number of alkyl halides is 1. The molecule has 0 aromatic carbocycles. The van der Waals surface area contributed by atoms with E-state index in [-0.39, 0.29) is 6.54 Å². The Balaban J connectivity index is 1.42. The van der Waals surface area contributed by atoms with Gasteiger partial charge in [-0.3, -0.25) is 4.98 Å². The van der Waals surface area contributed by atoms with Crippen molar-refractivity contribution in [3.8, 4) is 11.3 Å². The van der Waals surface area contributed by atoms with Gasteiger partial charge in [0.2, 0.25) is 0 Å². The van der Waals surface area contributed by atoms with Gasteiger partial charge in [0.15, 0.2) is 5.82 Å². The van der Waals surface area contributed by atoms with Gasteiger partial charge in [-0.2, -0.15) is 0 Å². The Morgan fingerprint density at radius 2 is 2.03 bits per heavy atom. The molecule has 5 heterocycles. The van der Waals surface area contributed by atoms with Gasteiger partial charge in [-0.05, 0) is 37.6 Å². The predicted molar refractivity (Wildman–Crippen MR) is 118 cm³/mol. The molecule has 0 aliphatic carbocycles. The molecular weight excluding hydrogens is 397 g/mol. The fourth-order valence-corrected chi connectivity index (χ4v) is 4.08. The number of rotatable bonds is 5. The van der Waals surface area contributed by atoms with E-state index in [1.165, 1.54) is 0 Å². The van der Waals surface area contributed by atoms with Crippen molar-refractivity contribution in [2.24, 2.45) is 0 Å². The molecule has 2 fully saturated rings. The van der Waals surface area contributed by atoms with Gasteiger partial charge < -0.3 is 20.3 Å². The fraction of sp³-hybridized carbons (Fsp3) is 0.455. The Kier molecular flexibility index (Phi) is 5.61. The number of nitrogens with one attached hydrogen (secondary N) is 2. The molecule has 0 amide bonds. The summed E-state index contributed by atoms with van der Waals surface area (Å²) in [4.78, 5) is 20.4. The number of piperidine rings is 1. The number of nitrogens with zero attached hydrogens (tertiary/aromatic N) is 5. The molecule has 0 unspecified atom stereocenters. The van der Waals surface area contributed by atoms with Crippen molar-refractivity contribution in [1.29, 1.82) is 0 Å². The molecule has 162 valence electrons. The van der Waals surface area contributed by atoms with E-state index in [2.05, 4.69) is 30.5 Å².